The average molecular weight is 503 g/mol. The van der Waals surface area contributed by atoms with Crippen LogP contribution in [0.15, 0.2) is 0 Å². The summed E-state index contributed by atoms with van der Waals surface area (Å²) in [5, 5.41) is 10.8. The summed E-state index contributed by atoms with van der Waals surface area (Å²) in [5.41, 5.74) is -0.0626. The highest BCUT2D eigenvalue weighted by atomic mass is 16.7. The van der Waals surface area contributed by atoms with Crippen molar-refractivity contribution in [1.82, 2.24) is 0 Å². The van der Waals surface area contributed by atoms with E-state index in [0.29, 0.717) is 29.6 Å². The predicted octanol–water partition coefficient (Wildman–Crippen LogP) is 6.66. The number of carbonyl (C=O) groups excluding carboxylic acids is 2. The summed E-state index contributed by atoms with van der Waals surface area (Å²) in [7, 11) is 0. The first-order chi connectivity index (χ1) is 17.0. The van der Waals surface area contributed by atoms with Gasteiger partial charge in [-0.1, -0.05) is 53.9 Å². The molecule has 5 rings (SSSR count). The van der Waals surface area contributed by atoms with Crippen LogP contribution in [-0.4, -0.2) is 28.9 Å². The molecule has 5 heteroatoms. The maximum atomic E-state index is 12.7. The van der Waals surface area contributed by atoms with Crippen LogP contribution in [0.5, 0.6) is 0 Å². The summed E-state index contributed by atoms with van der Waals surface area (Å²) in [4.78, 5) is 25.5. The zero-order valence-electron chi connectivity index (χ0n) is 23.4. The van der Waals surface area contributed by atoms with Gasteiger partial charge in [0.25, 0.3) is 5.79 Å². The molecule has 9 atom stereocenters. The van der Waals surface area contributed by atoms with Crippen molar-refractivity contribution in [2.75, 3.05) is 0 Å². The highest BCUT2D eigenvalue weighted by Gasteiger charge is 2.70. The van der Waals surface area contributed by atoms with E-state index >= 15 is 0 Å². The minimum absolute atomic E-state index is 0.0720. The molecule has 1 saturated heterocycles. The van der Waals surface area contributed by atoms with Crippen LogP contribution >= 0.6 is 0 Å². The van der Waals surface area contributed by atoms with Gasteiger partial charge in [0.2, 0.25) is 0 Å². The molecular formula is C31H50O5. The van der Waals surface area contributed by atoms with E-state index in [2.05, 4.69) is 34.6 Å². The summed E-state index contributed by atoms with van der Waals surface area (Å²) >= 11 is 0. The second-order valence-corrected chi connectivity index (χ2v) is 14.3. The molecule has 5 nitrogen and oxygen atoms in total. The molecule has 5 fully saturated rings. The molecule has 4 aliphatic carbocycles. The van der Waals surface area contributed by atoms with Crippen LogP contribution in [-0.2, 0) is 19.1 Å². The van der Waals surface area contributed by atoms with Gasteiger partial charge in [-0.15, -0.1) is 0 Å². The molecule has 1 aliphatic heterocycles. The first kappa shape index (κ1) is 26.5. The topological polar surface area (TPSA) is 72.8 Å². The average Bonchev–Trinajstić information content (AvgIpc) is 3.08. The normalized spacial score (nSPS) is 44.8. The van der Waals surface area contributed by atoms with Gasteiger partial charge in [0.15, 0.2) is 0 Å². The molecule has 0 amide bonds. The van der Waals surface area contributed by atoms with Crippen LogP contribution in [0.2, 0.25) is 0 Å². The zero-order chi connectivity index (χ0) is 25.9. The molecule has 0 aromatic rings. The first-order valence-electron chi connectivity index (χ1n) is 15.1. The van der Waals surface area contributed by atoms with Gasteiger partial charge in [0.05, 0.1) is 30.8 Å². The van der Waals surface area contributed by atoms with Crippen molar-refractivity contribution in [2.45, 2.75) is 130 Å². The highest BCUT2D eigenvalue weighted by molar-refractivity contribution is 5.80. The first-order valence-corrected chi connectivity index (χ1v) is 15.1. The van der Waals surface area contributed by atoms with Crippen molar-refractivity contribution in [1.29, 1.82) is 0 Å². The highest BCUT2D eigenvalue weighted by Crippen LogP contribution is 2.70. The van der Waals surface area contributed by atoms with Crippen molar-refractivity contribution in [2.24, 2.45) is 52.3 Å². The Bertz CT molecular complexity index is 834. The summed E-state index contributed by atoms with van der Waals surface area (Å²) in [6.07, 6.45) is 11.6. The summed E-state index contributed by atoms with van der Waals surface area (Å²) in [6.45, 7) is 12.0. The number of hydrogen-bond acceptors (Lipinski definition) is 5. The lowest BCUT2D eigenvalue weighted by Crippen LogP contribution is -2.67. The van der Waals surface area contributed by atoms with Gasteiger partial charge in [-0.2, -0.15) is 0 Å². The molecule has 1 unspecified atom stereocenters. The van der Waals surface area contributed by atoms with Crippen molar-refractivity contribution >= 4 is 11.9 Å². The summed E-state index contributed by atoms with van der Waals surface area (Å²) in [5.74, 6) is 2.14. The molecule has 36 heavy (non-hydrogen) atoms. The monoisotopic (exact) mass is 502 g/mol. The maximum absolute atomic E-state index is 12.7. The Morgan fingerprint density at radius 3 is 2.28 bits per heavy atom. The largest absolute Gasteiger partial charge is 0.422 e. The molecule has 1 spiro atoms. The number of carbonyl (C=O) groups is 2. The number of fused-ring (bicyclic) bond motifs is 6. The standard InChI is InChI=1S/C31H50O5/c1-19(2)7-6-8-20(3)24-11-12-25-23-10-9-21-17-22(32)18-31(35-27(33)13-14-28(34)36-31)30(21,5)26(23)15-16-29(24,25)4/h19-26,32H,6-18H2,1-5H3/t20-,21?,22+,23+,24-,25+,26+,29-,30-/m1/s1. The van der Waals surface area contributed by atoms with Gasteiger partial charge >= 0.3 is 11.9 Å². The van der Waals surface area contributed by atoms with Crippen LogP contribution in [0.4, 0.5) is 0 Å². The van der Waals surface area contributed by atoms with Crippen LogP contribution in [0, 0.1) is 52.3 Å². The van der Waals surface area contributed by atoms with E-state index in [4.69, 9.17) is 9.47 Å². The molecular weight excluding hydrogens is 452 g/mol. The van der Waals surface area contributed by atoms with E-state index in [1.165, 1.54) is 44.9 Å². The third-order valence-corrected chi connectivity index (χ3v) is 12.1. The van der Waals surface area contributed by atoms with Crippen LogP contribution in [0.3, 0.4) is 0 Å². The number of aliphatic hydroxyl groups excluding tert-OH is 1. The summed E-state index contributed by atoms with van der Waals surface area (Å²) in [6, 6.07) is 0. The smallest absolute Gasteiger partial charge is 0.309 e. The fourth-order valence-corrected chi connectivity index (χ4v) is 10.4. The van der Waals surface area contributed by atoms with Crippen LogP contribution in [0.1, 0.15) is 118 Å². The van der Waals surface area contributed by atoms with E-state index in [9.17, 15) is 14.7 Å². The number of hydrogen-bond donors (Lipinski definition) is 1. The second kappa shape index (κ2) is 9.58. The number of ether oxygens (including phenoxy) is 2. The SMILES string of the molecule is CC(C)CCC[C@@H](C)[C@H]1CC[C@H]2[C@@H]3CCC4C[C@H](O)CC5(OC(=O)CCC(=O)O5)[C@@]4(C)[C@H]3CC[C@]12C. The summed E-state index contributed by atoms with van der Waals surface area (Å²) < 4.78 is 12.2. The molecule has 0 aromatic heterocycles. The minimum Gasteiger partial charge on any atom is -0.422 e. The zero-order valence-corrected chi connectivity index (χ0v) is 23.4. The quantitative estimate of drug-likeness (QED) is 0.426. The minimum atomic E-state index is -1.32. The third-order valence-electron chi connectivity index (χ3n) is 12.1. The van der Waals surface area contributed by atoms with Gasteiger partial charge in [0.1, 0.15) is 0 Å². The van der Waals surface area contributed by atoms with Crippen molar-refractivity contribution in [3.05, 3.63) is 0 Å². The van der Waals surface area contributed by atoms with Crippen LogP contribution < -0.4 is 0 Å². The Balaban J connectivity index is 1.42. The van der Waals surface area contributed by atoms with E-state index in [-0.39, 0.29) is 37.1 Å². The van der Waals surface area contributed by atoms with Gasteiger partial charge in [0, 0.05) is 0 Å². The molecule has 0 bridgehead atoms. The van der Waals surface area contributed by atoms with Gasteiger partial charge < -0.3 is 14.6 Å². The van der Waals surface area contributed by atoms with E-state index < -0.39 is 17.3 Å². The molecule has 1 N–H and O–H groups in total. The lowest BCUT2D eigenvalue weighted by Gasteiger charge is -2.65. The number of esters is 2. The molecule has 0 aromatic carbocycles. The number of aliphatic hydroxyl groups is 1. The van der Waals surface area contributed by atoms with E-state index in [0.717, 1.165) is 30.6 Å². The molecule has 204 valence electrons. The maximum Gasteiger partial charge on any atom is 0.309 e. The molecule has 4 saturated carbocycles. The Kier molecular flexibility index (Phi) is 7.05. The van der Waals surface area contributed by atoms with Gasteiger partial charge in [-0.25, -0.2) is 0 Å². The van der Waals surface area contributed by atoms with E-state index in [1.54, 1.807) is 0 Å². The lowest BCUT2D eigenvalue weighted by atomic mass is 9.42. The van der Waals surface area contributed by atoms with Crippen LogP contribution in [0.25, 0.3) is 0 Å². The lowest BCUT2D eigenvalue weighted by molar-refractivity contribution is -0.331. The Morgan fingerprint density at radius 2 is 1.61 bits per heavy atom. The van der Waals surface area contributed by atoms with Gasteiger partial charge in [-0.3, -0.25) is 9.59 Å². The Hall–Kier alpha value is -1.10. The van der Waals surface area contributed by atoms with Gasteiger partial charge in [-0.05, 0) is 91.8 Å². The fourth-order valence-electron chi connectivity index (χ4n) is 10.4. The van der Waals surface area contributed by atoms with Crippen molar-refractivity contribution < 1.29 is 24.2 Å². The number of rotatable bonds is 5. The fraction of sp³-hybridized carbons (Fsp3) is 0.935. The van der Waals surface area contributed by atoms with E-state index in [1.807, 2.05) is 0 Å². The second-order valence-electron chi connectivity index (χ2n) is 14.3. The molecule has 0 radical (unpaired) electrons. The Morgan fingerprint density at radius 1 is 0.917 bits per heavy atom. The third kappa shape index (κ3) is 4.14. The van der Waals surface area contributed by atoms with Crippen molar-refractivity contribution in [3.63, 3.8) is 0 Å². The van der Waals surface area contributed by atoms with Crippen molar-refractivity contribution in [3.8, 4) is 0 Å². The molecule has 5 aliphatic rings. The predicted molar refractivity (Wildman–Crippen MR) is 139 cm³/mol. The Labute approximate surface area is 218 Å². The molecule has 1 heterocycles.